The van der Waals surface area contributed by atoms with Crippen LogP contribution in [0.1, 0.15) is 42.9 Å². The molecule has 2 heterocycles. The van der Waals surface area contributed by atoms with Gasteiger partial charge in [-0.2, -0.15) is 5.10 Å². The number of nitrogens with one attached hydrogen (secondary N) is 1. The van der Waals surface area contributed by atoms with Gasteiger partial charge in [0.1, 0.15) is 5.82 Å². The second-order valence-electron chi connectivity index (χ2n) is 7.59. The first-order valence-corrected chi connectivity index (χ1v) is 9.78. The molecular weight excluding hydrogens is 337 g/mol. The van der Waals surface area contributed by atoms with Crippen molar-refractivity contribution in [1.29, 1.82) is 0 Å². The van der Waals surface area contributed by atoms with E-state index in [2.05, 4.69) is 52.4 Å². The molecule has 1 aliphatic heterocycles. The van der Waals surface area contributed by atoms with Crippen molar-refractivity contribution in [3.8, 4) is 11.1 Å². The average molecular weight is 363 g/mol. The van der Waals surface area contributed by atoms with Crippen LogP contribution in [0.15, 0.2) is 60.8 Å². The number of hydrogen-bond donors (Lipinski definition) is 1. The maximum absolute atomic E-state index is 14.3. The number of hydrogen-bond acceptors (Lipinski definition) is 2. The van der Waals surface area contributed by atoms with Crippen LogP contribution in [0, 0.1) is 5.82 Å². The van der Waals surface area contributed by atoms with Crippen molar-refractivity contribution < 1.29 is 4.39 Å². The van der Waals surface area contributed by atoms with Gasteiger partial charge in [-0.3, -0.25) is 5.10 Å². The summed E-state index contributed by atoms with van der Waals surface area (Å²) in [5, 5.41) is 7.40. The van der Waals surface area contributed by atoms with E-state index in [0.29, 0.717) is 17.4 Å². The highest BCUT2D eigenvalue weighted by atomic mass is 19.1. The largest absolute Gasteiger partial charge is 0.302 e. The van der Waals surface area contributed by atoms with Gasteiger partial charge < -0.3 is 4.90 Å². The van der Waals surface area contributed by atoms with Crippen LogP contribution in [0.25, 0.3) is 11.1 Å². The molecule has 2 atom stereocenters. The molecule has 4 heteroatoms. The molecule has 2 aromatic carbocycles. The Balaban J connectivity index is 1.50. The van der Waals surface area contributed by atoms with Gasteiger partial charge in [0.15, 0.2) is 0 Å². The molecule has 0 unspecified atom stereocenters. The average Bonchev–Trinajstić information content (AvgIpc) is 3.19. The number of rotatable bonds is 5. The number of aromatic nitrogens is 2. The summed E-state index contributed by atoms with van der Waals surface area (Å²) in [4.78, 5) is 2.54. The summed E-state index contributed by atoms with van der Waals surface area (Å²) in [6, 6.07) is 17.6. The summed E-state index contributed by atoms with van der Waals surface area (Å²) < 4.78 is 14.3. The van der Waals surface area contributed by atoms with Crippen molar-refractivity contribution in [1.82, 2.24) is 15.1 Å². The minimum absolute atomic E-state index is 0.189. The Morgan fingerprint density at radius 3 is 2.70 bits per heavy atom. The van der Waals surface area contributed by atoms with Gasteiger partial charge in [0, 0.05) is 35.8 Å². The number of H-pyrrole nitrogens is 1. The van der Waals surface area contributed by atoms with Gasteiger partial charge in [-0.25, -0.2) is 4.39 Å². The number of halogens is 1. The summed E-state index contributed by atoms with van der Waals surface area (Å²) in [7, 11) is 0. The molecule has 0 amide bonds. The quantitative estimate of drug-likeness (QED) is 0.676. The van der Waals surface area contributed by atoms with Crippen LogP contribution < -0.4 is 0 Å². The fourth-order valence-corrected chi connectivity index (χ4v) is 4.23. The maximum atomic E-state index is 14.3. The highest BCUT2D eigenvalue weighted by Gasteiger charge is 2.26. The van der Waals surface area contributed by atoms with Crippen LogP contribution in [-0.4, -0.2) is 34.7 Å². The minimum atomic E-state index is -0.189. The predicted octanol–water partition coefficient (Wildman–Crippen LogP) is 5.20. The molecule has 27 heavy (non-hydrogen) atoms. The standard InChI is InChI=1S/C23H26FN3/c1-17(18-8-3-2-4-9-18)15-27-13-7-10-19(16-27)23-21(14-25-26-23)20-11-5-6-12-22(20)24/h2-6,8-9,11-12,14,17,19H,7,10,13,15-16H2,1H3,(H,25,26)/t17-,19+/m0/s1. The summed E-state index contributed by atoms with van der Waals surface area (Å²) in [5.41, 5.74) is 3.98. The first kappa shape index (κ1) is 17.9. The lowest BCUT2D eigenvalue weighted by Gasteiger charge is -2.34. The molecule has 0 saturated carbocycles. The van der Waals surface area contributed by atoms with Crippen LogP contribution in [-0.2, 0) is 0 Å². The van der Waals surface area contributed by atoms with Crippen LogP contribution in [0.4, 0.5) is 4.39 Å². The van der Waals surface area contributed by atoms with Crippen molar-refractivity contribution >= 4 is 0 Å². The summed E-state index contributed by atoms with van der Waals surface area (Å²) in [6.45, 7) is 5.45. The highest BCUT2D eigenvalue weighted by Crippen LogP contribution is 2.34. The summed E-state index contributed by atoms with van der Waals surface area (Å²) in [5.74, 6) is 0.669. The van der Waals surface area contributed by atoms with E-state index >= 15 is 0 Å². The molecule has 1 N–H and O–H groups in total. The van der Waals surface area contributed by atoms with Gasteiger partial charge in [0.05, 0.1) is 6.20 Å². The van der Waals surface area contributed by atoms with Gasteiger partial charge in [0.25, 0.3) is 0 Å². The first-order valence-electron chi connectivity index (χ1n) is 9.78. The fraction of sp³-hybridized carbons (Fsp3) is 0.348. The van der Waals surface area contributed by atoms with Crippen molar-refractivity contribution in [3.63, 3.8) is 0 Å². The van der Waals surface area contributed by atoms with Gasteiger partial charge in [-0.05, 0) is 36.9 Å². The SMILES string of the molecule is C[C@@H](CN1CCC[C@@H](c2[nH]ncc2-c2ccccc2F)C1)c1ccccc1. The third kappa shape index (κ3) is 3.96. The predicted molar refractivity (Wildman–Crippen MR) is 107 cm³/mol. The number of aromatic amines is 1. The lowest BCUT2D eigenvalue weighted by atomic mass is 9.89. The molecule has 0 spiro atoms. The van der Waals surface area contributed by atoms with E-state index in [1.807, 2.05) is 12.1 Å². The molecule has 4 rings (SSSR count). The molecule has 0 bridgehead atoms. The molecule has 3 nitrogen and oxygen atoms in total. The number of piperidine rings is 1. The van der Waals surface area contributed by atoms with Crippen molar-refractivity contribution in [2.75, 3.05) is 19.6 Å². The maximum Gasteiger partial charge on any atom is 0.131 e. The summed E-state index contributed by atoms with van der Waals surface area (Å²) in [6.07, 6.45) is 4.03. The second kappa shape index (κ2) is 8.05. The number of benzene rings is 2. The molecule has 1 aromatic heterocycles. The fourth-order valence-electron chi connectivity index (χ4n) is 4.23. The van der Waals surface area contributed by atoms with E-state index in [4.69, 9.17) is 0 Å². The van der Waals surface area contributed by atoms with Crippen molar-refractivity contribution in [2.45, 2.75) is 31.6 Å². The zero-order valence-electron chi connectivity index (χ0n) is 15.7. The van der Waals surface area contributed by atoms with Crippen LogP contribution in [0.5, 0.6) is 0 Å². The van der Waals surface area contributed by atoms with Gasteiger partial charge in [0.2, 0.25) is 0 Å². The topological polar surface area (TPSA) is 31.9 Å². The summed E-state index contributed by atoms with van der Waals surface area (Å²) >= 11 is 0. The van der Waals surface area contributed by atoms with Crippen LogP contribution in [0.3, 0.4) is 0 Å². The zero-order chi connectivity index (χ0) is 18.6. The molecule has 0 aliphatic carbocycles. The molecule has 0 radical (unpaired) electrons. The third-order valence-corrected chi connectivity index (χ3v) is 5.65. The molecule has 140 valence electrons. The number of nitrogens with zero attached hydrogens (tertiary/aromatic N) is 2. The van der Waals surface area contributed by atoms with Gasteiger partial charge in [-0.1, -0.05) is 55.5 Å². The van der Waals surface area contributed by atoms with E-state index in [1.54, 1.807) is 12.3 Å². The molecular formula is C23H26FN3. The number of likely N-dealkylation sites (tertiary alicyclic amines) is 1. The smallest absolute Gasteiger partial charge is 0.131 e. The molecule has 1 aliphatic rings. The van der Waals surface area contributed by atoms with Crippen LogP contribution in [0.2, 0.25) is 0 Å². The third-order valence-electron chi connectivity index (χ3n) is 5.65. The molecule has 3 aromatic rings. The monoisotopic (exact) mass is 363 g/mol. The van der Waals surface area contributed by atoms with E-state index in [-0.39, 0.29) is 5.82 Å². The zero-order valence-corrected chi connectivity index (χ0v) is 15.7. The van der Waals surface area contributed by atoms with E-state index in [9.17, 15) is 4.39 Å². The molecule has 1 fully saturated rings. The van der Waals surface area contributed by atoms with E-state index < -0.39 is 0 Å². The lowest BCUT2D eigenvalue weighted by Crippen LogP contribution is -2.37. The normalized spacial score (nSPS) is 19.1. The lowest BCUT2D eigenvalue weighted by molar-refractivity contribution is 0.197. The minimum Gasteiger partial charge on any atom is -0.302 e. The van der Waals surface area contributed by atoms with Crippen LogP contribution >= 0.6 is 0 Å². The molecule has 1 saturated heterocycles. The Morgan fingerprint density at radius 2 is 1.89 bits per heavy atom. The Labute approximate surface area is 160 Å². The van der Waals surface area contributed by atoms with Gasteiger partial charge in [-0.15, -0.1) is 0 Å². The Hall–Kier alpha value is -2.46. The van der Waals surface area contributed by atoms with Crippen molar-refractivity contribution in [3.05, 3.63) is 77.9 Å². The Kier molecular flexibility index (Phi) is 5.35. The van der Waals surface area contributed by atoms with Crippen molar-refractivity contribution in [2.24, 2.45) is 0 Å². The Bertz CT molecular complexity index is 874. The highest BCUT2D eigenvalue weighted by molar-refractivity contribution is 5.66. The first-order chi connectivity index (χ1) is 13.2. The van der Waals surface area contributed by atoms with Gasteiger partial charge >= 0.3 is 0 Å². The second-order valence-corrected chi connectivity index (χ2v) is 7.59. The van der Waals surface area contributed by atoms with E-state index in [1.165, 1.54) is 11.6 Å². The van der Waals surface area contributed by atoms with E-state index in [0.717, 1.165) is 43.7 Å². The Morgan fingerprint density at radius 1 is 1.11 bits per heavy atom.